The number of aromatic amines is 2. The molecular formula is C20H21N5O4S. The number of carbonyl (C=O) groups is 2. The number of nitrogens with zero attached hydrogens (tertiary/aromatic N) is 1. The number of nitrogens with two attached hydrogens (primary N) is 1. The Labute approximate surface area is 175 Å². The standard InChI is InChI=1S/C20H21N5O4S/c1-2-5-14(19(28)29)23-18(27)15-9-8-12(30-15)7-4-3-6-11-10-13-16(22-11)24-20(21)25-17(13)26/h8-10,14H,2-3,5-6H2,1H3,(H,23,27)(H,28,29)(H4,21,22,24,25,26). The number of nitrogens with one attached hydrogen (secondary N) is 3. The van der Waals surface area contributed by atoms with Gasteiger partial charge in [-0.15, -0.1) is 11.3 Å². The number of hydrogen-bond donors (Lipinski definition) is 5. The topological polar surface area (TPSA) is 154 Å². The first-order valence-corrected chi connectivity index (χ1v) is 10.2. The largest absolute Gasteiger partial charge is 0.480 e. The molecule has 1 amide bonds. The summed E-state index contributed by atoms with van der Waals surface area (Å²) in [5.41, 5.74) is 6.51. The lowest BCUT2D eigenvalue weighted by Gasteiger charge is -2.12. The predicted octanol–water partition coefficient (Wildman–Crippen LogP) is 1.86. The Kier molecular flexibility index (Phi) is 6.54. The second-order valence-electron chi connectivity index (χ2n) is 6.63. The number of aliphatic carboxylic acids is 1. The van der Waals surface area contributed by atoms with Crippen molar-refractivity contribution in [3.8, 4) is 11.8 Å². The van der Waals surface area contributed by atoms with E-state index in [1.165, 1.54) is 11.3 Å². The number of amides is 1. The molecule has 0 saturated carbocycles. The highest BCUT2D eigenvalue weighted by molar-refractivity contribution is 7.14. The molecule has 156 valence electrons. The zero-order valence-electron chi connectivity index (χ0n) is 16.2. The maximum atomic E-state index is 12.2. The van der Waals surface area contributed by atoms with Gasteiger partial charge in [0.2, 0.25) is 5.95 Å². The van der Waals surface area contributed by atoms with Crippen molar-refractivity contribution in [1.29, 1.82) is 0 Å². The third kappa shape index (κ3) is 5.07. The van der Waals surface area contributed by atoms with Crippen molar-refractivity contribution in [2.75, 3.05) is 5.73 Å². The monoisotopic (exact) mass is 427 g/mol. The van der Waals surface area contributed by atoms with Gasteiger partial charge in [0.05, 0.1) is 15.1 Å². The maximum absolute atomic E-state index is 12.2. The number of carboxylic acid groups (broad SMARTS) is 1. The molecule has 0 radical (unpaired) electrons. The molecule has 3 aromatic rings. The van der Waals surface area contributed by atoms with E-state index in [-0.39, 0.29) is 11.5 Å². The molecule has 6 N–H and O–H groups in total. The molecule has 9 nitrogen and oxygen atoms in total. The molecule has 0 bridgehead atoms. The minimum atomic E-state index is -1.04. The summed E-state index contributed by atoms with van der Waals surface area (Å²) in [5, 5.41) is 12.1. The summed E-state index contributed by atoms with van der Waals surface area (Å²) in [6, 6.07) is 4.20. The van der Waals surface area contributed by atoms with Crippen LogP contribution in [0.5, 0.6) is 0 Å². The van der Waals surface area contributed by atoms with Gasteiger partial charge in [0.25, 0.3) is 11.5 Å². The normalized spacial score (nSPS) is 11.6. The van der Waals surface area contributed by atoms with Crippen molar-refractivity contribution in [3.05, 3.63) is 44.0 Å². The zero-order chi connectivity index (χ0) is 21.7. The first-order valence-electron chi connectivity index (χ1n) is 9.37. The first-order chi connectivity index (χ1) is 14.4. The third-order valence-electron chi connectivity index (χ3n) is 4.31. The van der Waals surface area contributed by atoms with Crippen LogP contribution in [0.15, 0.2) is 23.0 Å². The minimum Gasteiger partial charge on any atom is -0.480 e. The van der Waals surface area contributed by atoms with Gasteiger partial charge in [0, 0.05) is 12.1 Å². The van der Waals surface area contributed by atoms with Crippen molar-refractivity contribution in [1.82, 2.24) is 20.3 Å². The molecule has 0 aromatic carbocycles. The lowest BCUT2D eigenvalue weighted by molar-refractivity contribution is -0.139. The summed E-state index contributed by atoms with van der Waals surface area (Å²) in [6.07, 6.45) is 2.17. The summed E-state index contributed by atoms with van der Waals surface area (Å²) < 4.78 is 0. The van der Waals surface area contributed by atoms with E-state index in [9.17, 15) is 14.4 Å². The zero-order valence-corrected chi connectivity index (χ0v) is 17.1. The van der Waals surface area contributed by atoms with Gasteiger partial charge in [0.1, 0.15) is 11.7 Å². The number of anilines is 1. The van der Waals surface area contributed by atoms with Gasteiger partial charge in [-0.1, -0.05) is 25.2 Å². The quantitative estimate of drug-likeness (QED) is 0.363. The smallest absolute Gasteiger partial charge is 0.326 e. The number of nitrogen functional groups attached to an aromatic ring is 1. The average Bonchev–Trinajstić information content (AvgIpc) is 3.31. The van der Waals surface area contributed by atoms with Crippen molar-refractivity contribution >= 4 is 40.2 Å². The van der Waals surface area contributed by atoms with Crippen LogP contribution in [0.2, 0.25) is 0 Å². The van der Waals surface area contributed by atoms with Gasteiger partial charge in [0.15, 0.2) is 0 Å². The number of aryl methyl sites for hydroxylation is 1. The van der Waals surface area contributed by atoms with Gasteiger partial charge < -0.3 is 21.1 Å². The van der Waals surface area contributed by atoms with Crippen molar-refractivity contribution in [2.24, 2.45) is 0 Å². The van der Waals surface area contributed by atoms with E-state index in [2.05, 4.69) is 32.1 Å². The molecule has 3 heterocycles. The maximum Gasteiger partial charge on any atom is 0.326 e. The van der Waals surface area contributed by atoms with Crippen LogP contribution < -0.4 is 16.6 Å². The molecule has 3 aromatic heterocycles. The summed E-state index contributed by atoms with van der Waals surface area (Å²) in [5.74, 6) is 4.64. The number of rotatable bonds is 7. The molecular weight excluding hydrogens is 406 g/mol. The Balaban J connectivity index is 1.59. The Bertz CT molecular complexity index is 1200. The molecule has 0 aliphatic heterocycles. The number of aromatic nitrogens is 3. The molecule has 0 aliphatic rings. The number of carboxylic acids is 1. The molecule has 1 atom stereocenters. The molecule has 10 heteroatoms. The molecule has 1 unspecified atom stereocenters. The molecule has 0 spiro atoms. The fourth-order valence-corrected chi connectivity index (χ4v) is 3.66. The third-order valence-corrected chi connectivity index (χ3v) is 5.31. The van der Waals surface area contributed by atoms with E-state index < -0.39 is 17.9 Å². The van der Waals surface area contributed by atoms with Crippen LogP contribution in [0.25, 0.3) is 11.0 Å². The minimum absolute atomic E-state index is 0.0580. The number of fused-ring (bicyclic) bond motifs is 1. The summed E-state index contributed by atoms with van der Waals surface area (Å²) in [6.45, 7) is 1.86. The van der Waals surface area contributed by atoms with Gasteiger partial charge in [-0.2, -0.15) is 4.98 Å². The van der Waals surface area contributed by atoms with Crippen LogP contribution in [0.1, 0.15) is 46.4 Å². The average molecular weight is 427 g/mol. The predicted molar refractivity (Wildman–Crippen MR) is 114 cm³/mol. The van der Waals surface area contributed by atoms with Crippen LogP contribution in [-0.2, 0) is 11.2 Å². The van der Waals surface area contributed by atoms with Crippen molar-refractivity contribution < 1.29 is 14.7 Å². The van der Waals surface area contributed by atoms with Gasteiger partial charge in [-0.05, 0) is 31.0 Å². The number of thiophene rings is 1. The van der Waals surface area contributed by atoms with E-state index in [0.29, 0.717) is 46.5 Å². The first kappa shape index (κ1) is 21.1. The SMILES string of the molecule is CCCC(NC(=O)c1ccc(C#CCCc2cc3c(=O)[nH]c(N)nc3[nH]2)s1)C(=O)O. The highest BCUT2D eigenvalue weighted by atomic mass is 32.1. The van der Waals surface area contributed by atoms with E-state index in [0.717, 1.165) is 5.69 Å². The van der Waals surface area contributed by atoms with Crippen LogP contribution >= 0.6 is 11.3 Å². The van der Waals surface area contributed by atoms with Crippen molar-refractivity contribution in [3.63, 3.8) is 0 Å². The highest BCUT2D eigenvalue weighted by Gasteiger charge is 2.20. The van der Waals surface area contributed by atoms with Gasteiger partial charge >= 0.3 is 5.97 Å². The van der Waals surface area contributed by atoms with E-state index in [4.69, 9.17) is 10.8 Å². The van der Waals surface area contributed by atoms with E-state index in [1.54, 1.807) is 18.2 Å². The second kappa shape index (κ2) is 9.28. The fraction of sp³-hybridized carbons (Fsp3) is 0.300. The number of H-pyrrole nitrogens is 2. The molecule has 30 heavy (non-hydrogen) atoms. The van der Waals surface area contributed by atoms with E-state index in [1.807, 2.05) is 6.92 Å². The van der Waals surface area contributed by atoms with Crippen LogP contribution in [0.4, 0.5) is 5.95 Å². The van der Waals surface area contributed by atoms with Crippen LogP contribution in [0.3, 0.4) is 0 Å². The van der Waals surface area contributed by atoms with Crippen LogP contribution in [-0.4, -0.2) is 38.0 Å². The summed E-state index contributed by atoms with van der Waals surface area (Å²) in [4.78, 5) is 45.9. The number of hydrogen-bond acceptors (Lipinski definition) is 6. The molecule has 3 rings (SSSR count). The summed E-state index contributed by atoms with van der Waals surface area (Å²) >= 11 is 1.21. The Morgan fingerprint density at radius 3 is 2.90 bits per heavy atom. The Morgan fingerprint density at radius 1 is 1.37 bits per heavy atom. The van der Waals surface area contributed by atoms with Gasteiger partial charge in [-0.3, -0.25) is 14.6 Å². The molecule has 0 aliphatic carbocycles. The fourth-order valence-electron chi connectivity index (χ4n) is 2.88. The van der Waals surface area contributed by atoms with Gasteiger partial charge in [-0.25, -0.2) is 4.79 Å². The summed E-state index contributed by atoms with van der Waals surface area (Å²) in [7, 11) is 0. The Morgan fingerprint density at radius 2 is 2.17 bits per heavy atom. The Hall–Kier alpha value is -3.58. The number of carbonyl (C=O) groups excluding carboxylic acids is 1. The highest BCUT2D eigenvalue weighted by Crippen LogP contribution is 2.16. The molecule has 0 saturated heterocycles. The lowest BCUT2D eigenvalue weighted by atomic mass is 10.1. The van der Waals surface area contributed by atoms with Crippen LogP contribution in [0, 0.1) is 11.8 Å². The van der Waals surface area contributed by atoms with Crippen molar-refractivity contribution in [2.45, 2.75) is 38.6 Å². The van der Waals surface area contributed by atoms with E-state index >= 15 is 0 Å². The lowest BCUT2D eigenvalue weighted by Crippen LogP contribution is -2.40. The second-order valence-corrected chi connectivity index (χ2v) is 7.71. The molecule has 0 fully saturated rings.